The Morgan fingerprint density at radius 3 is 2.68 bits per heavy atom. The lowest BCUT2D eigenvalue weighted by molar-refractivity contribution is -0.203. The standard InChI is InChI=1S/C19H26O6/c1-9(2)16(21)24-11-8-18(4)12(20)6-7-19(5,23)15(18)14-13(11)10(3)17(22)25-14/h6-7,9,11-15,20,23H,3,8H2,1-2,4-5H3/t11-,12+,13+,14-,15+,18-,19+/m0/s1. The van der Waals surface area contributed by atoms with E-state index in [-0.39, 0.29) is 17.5 Å². The number of aliphatic hydroxyl groups excluding tert-OH is 1. The Morgan fingerprint density at radius 1 is 1.44 bits per heavy atom. The van der Waals surface area contributed by atoms with E-state index in [9.17, 15) is 19.8 Å². The summed E-state index contributed by atoms with van der Waals surface area (Å²) in [4.78, 5) is 24.3. The van der Waals surface area contributed by atoms with E-state index in [0.29, 0.717) is 6.42 Å². The van der Waals surface area contributed by atoms with Gasteiger partial charge in [-0.1, -0.05) is 39.5 Å². The van der Waals surface area contributed by atoms with E-state index in [1.54, 1.807) is 32.9 Å². The molecule has 2 fully saturated rings. The van der Waals surface area contributed by atoms with Crippen LogP contribution in [0.5, 0.6) is 0 Å². The summed E-state index contributed by atoms with van der Waals surface area (Å²) in [6.45, 7) is 10.8. The van der Waals surface area contributed by atoms with Gasteiger partial charge in [-0.2, -0.15) is 0 Å². The highest BCUT2D eigenvalue weighted by Gasteiger charge is 2.65. The Morgan fingerprint density at radius 2 is 2.08 bits per heavy atom. The molecule has 3 aliphatic rings. The minimum atomic E-state index is -1.26. The van der Waals surface area contributed by atoms with Gasteiger partial charge in [-0.05, 0) is 13.3 Å². The van der Waals surface area contributed by atoms with Crippen molar-refractivity contribution in [1.82, 2.24) is 0 Å². The lowest BCUT2D eigenvalue weighted by Crippen LogP contribution is -2.63. The zero-order valence-electron chi connectivity index (χ0n) is 15.1. The predicted octanol–water partition coefficient (Wildman–Crippen LogP) is 1.36. The first kappa shape index (κ1) is 18.1. The van der Waals surface area contributed by atoms with Gasteiger partial charge in [0.2, 0.25) is 0 Å². The maximum absolute atomic E-state index is 12.2. The summed E-state index contributed by atoms with van der Waals surface area (Å²) in [5.74, 6) is -2.26. The van der Waals surface area contributed by atoms with Crippen LogP contribution in [0.15, 0.2) is 24.3 Å². The second-order valence-electron chi connectivity index (χ2n) is 8.27. The Hall–Kier alpha value is -1.66. The Labute approximate surface area is 147 Å². The first-order valence-corrected chi connectivity index (χ1v) is 8.69. The van der Waals surface area contributed by atoms with E-state index in [4.69, 9.17) is 9.47 Å². The van der Waals surface area contributed by atoms with Crippen LogP contribution in [0.1, 0.15) is 34.1 Å². The molecule has 0 bridgehead atoms. The number of ether oxygens (including phenoxy) is 2. The van der Waals surface area contributed by atoms with Crippen LogP contribution in [-0.2, 0) is 19.1 Å². The Balaban J connectivity index is 2.05. The highest BCUT2D eigenvalue weighted by Crippen LogP contribution is 2.57. The van der Waals surface area contributed by atoms with Crippen LogP contribution in [0.3, 0.4) is 0 Å². The molecule has 1 saturated carbocycles. The molecule has 1 heterocycles. The normalized spacial score (nSPS) is 45.8. The summed E-state index contributed by atoms with van der Waals surface area (Å²) in [6.07, 6.45) is 1.26. The van der Waals surface area contributed by atoms with Crippen LogP contribution in [-0.4, -0.2) is 46.1 Å². The third-order valence-electron chi connectivity index (χ3n) is 6.00. The average Bonchev–Trinajstić information content (AvgIpc) is 2.78. The average molecular weight is 350 g/mol. The van der Waals surface area contributed by atoms with Crippen LogP contribution < -0.4 is 0 Å². The van der Waals surface area contributed by atoms with E-state index in [1.807, 2.05) is 6.92 Å². The van der Waals surface area contributed by atoms with Crippen molar-refractivity contribution in [2.24, 2.45) is 23.2 Å². The number of rotatable bonds is 2. The number of carbonyl (C=O) groups is 2. The topological polar surface area (TPSA) is 93.1 Å². The van der Waals surface area contributed by atoms with Gasteiger partial charge in [0.25, 0.3) is 0 Å². The third-order valence-corrected chi connectivity index (χ3v) is 6.00. The summed E-state index contributed by atoms with van der Waals surface area (Å²) in [5.41, 5.74) is -1.80. The SMILES string of the molecule is C=C1C(=O)O[C@H]2[C@H]1[C@@H](OC(=O)C(C)C)C[C@@]1(C)[C@H](O)C=C[C@@](C)(O)[C@H]21. The summed E-state index contributed by atoms with van der Waals surface area (Å²) in [6, 6.07) is 0. The molecule has 0 spiro atoms. The molecule has 0 unspecified atom stereocenters. The molecule has 6 nitrogen and oxygen atoms in total. The molecule has 0 aromatic carbocycles. The molecule has 0 radical (unpaired) electrons. The van der Waals surface area contributed by atoms with Gasteiger partial charge in [-0.25, -0.2) is 4.79 Å². The van der Waals surface area contributed by atoms with Crippen LogP contribution in [0, 0.1) is 23.2 Å². The number of esters is 2. The molecule has 0 aromatic rings. The molecule has 7 atom stereocenters. The third kappa shape index (κ3) is 2.62. The quantitative estimate of drug-likeness (QED) is 0.444. The fraction of sp³-hybridized carbons (Fsp3) is 0.684. The zero-order chi connectivity index (χ0) is 18.7. The number of aliphatic hydroxyl groups is 2. The monoisotopic (exact) mass is 350 g/mol. The number of fused-ring (bicyclic) bond motifs is 3. The molecule has 1 aliphatic heterocycles. The van der Waals surface area contributed by atoms with Gasteiger partial charge in [0.05, 0.1) is 23.5 Å². The minimum absolute atomic E-state index is 0.258. The highest BCUT2D eigenvalue weighted by atomic mass is 16.6. The van der Waals surface area contributed by atoms with Crippen molar-refractivity contribution >= 4 is 11.9 Å². The maximum Gasteiger partial charge on any atom is 0.334 e. The predicted molar refractivity (Wildman–Crippen MR) is 89.2 cm³/mol. The second kappa shape index (κ2) is 5.68. The highest BCUT2D eigenvalue weighted by molar-refractivity contribution is 5.91. The van der Waals surface area contributed by atoms with Crippen molar-refractivity contribution in [2.75, 3.05) is 0 Å². The zero-order valence-corrected chi connectivity index (χ0v) is 15.1. The lowest BCUT2D eigenvalue weighted by Gasteiger charge is -2.56. The molecule has 6 heteroatoms. The van der Waals surface area contributed by atoms with Gasteiger partial charge < -0.3 is 19.7 Å². The van der Waals surface area contributed by atoms with Crippen LogP contribution in [0.4, 0.5) is 0 Å². The molecule has 0 aromatic heterocycles. The Bertz CT molecular complexity index is 648. The first-order chi connectivity index (χ1) is 11.5. The molecule has 3 rings (SSSR count). The molecule has 2 N–H and O–H groups in total. The van der Waals surface area contributed by atoms with Crippen molar-refractivity contribution < 1.29 is 29.3 Å². The van der Waals surface area contributed by atoms with Crippen LogP contribution >= 0.6 is 0 Å². The van der Waals surface area contributed by atoms with Gasteiger partial charge in [0.15, 0.2) is 0 Å². The first-order valence-electron chi connectivity index (χ1n) is 8.69. The van der Waals surface area contributed by atoms with Crippen molar-refractivity contribution in [3.63, 3.8) is 0 Å². The van der Waals surface area contributed by atoms with E-state index in [0.717, 1.165) is 0 Å². The summed E-state index contributed by atoms with van der Waals surface area (Å²) in [5, 5.41) is 21.5. The summed E-state index contributed by atoms with van der Waals surface area (Å²) >= 11 is 0. The van der Waals surface area contributed by atoms with Gasteiger partial charge in [0, 0.05) is 16.9 Å². The largest absolute Gasteiger partial charge is 0.461 e. The van der Waals surface area contributed by atoms with E-state index in [1.165, 1.54) is 0 Å². The second-order valence-corrected chi connectivity index (χ2v) is 8.27. The fourth-order valence-corrected chi connectivity index (χ4v) is 4.70. The number of hydrogen-bond acceptors (Lipinski definition) is 6. The lowest BCUT2D eigenvalue weighted by atomic mass is 9.52. The molecule has 2 aliphatic carbocycles. The maximum atomic E-state index is 12.2. The van der Waals surface area contributed by atoms with E-state index in [2.05, 4.69) is 6.58 Å². The summed E-state index contributed by atoms with van der Waals surface area (Å²) < 4.78 is 11.2. The van der Waals surface area contributed by atoms with Gasteiger partial charge in [0.1, 0.15) is 12.2 Å². The summed E-state index contributed by atoms with van der Waals surface area (Å²) in [7, 11) is 0. The van der Waals surface area contributed by atoms with Gasteiger partial charge in [-0.15, -0.1) is 0 Å². The van der Waals surface area contributed by atoms with Crippen molar-refractivity contribution in [1.29, 1.82) is 0 Å². The number of carbonyl (C=O) groups excluding carboxylic acids is 2. The molecule has 25 heavy (non-hydrogen) atoms. The van der Waals surface area contributed by atoms with Crippen LogP contribution in [0.25, 0.3) is 0 Å². The van der Waals surface area contributed by atoms with Crippen LogP contribution in [0.2, 0.25) is 0 Å². The van der Waals surface area contributed by atoms with E-state index < -0.39 is 47.1 Å². The van der Waals surface area contributed by atoms with E-state index >= 15 is 0 Å². The van der Waals surface area contributed by atoms with Crippen molar-refractivity contribution in [2.45, 2.75) is 58.0 Å². The molecular weight excluding hydrogens is 324 g/mol. The molecule has 138 valence electrons. The molecular formula is C19H26O6. The van der Waals surface area contributed by atoms with Gasteiger partial charge in [-0.3, -0.25) is 4.79 Å². The Kier molecular flexibility index (Phi) is 4.12. The molecule has 0 amide bonds. The smallest absolute Gasteiger partial charge is 0.334 e. The van der Waals surface area contributed by atoms with Gasteiger partial charge >= 0.3 is 11.9 Å². The molecule has 1 saturated heterocycles. The number of hydrogen-bond donors (Lipinski definition) is 2. The minimum Gasteiger partial charge on any atom is -0.461 e. The van der Waals surface area contributed by atoms with Crippen molar-refractivity contribution in [3.8, 4) is 0 Å². The van der Waals surface area contributed by atoms with Crippen molar-refractivity contribution in [3.05, 3.63) is 24.3 Å². The fourth-order valence-electron chi connectivity index (χ4n) is 4.70.